The van der Waals surface area contributed by atoms with Crippen molar-refractivity contribution < 1.29 is 14.3 Å². The van der Waals surface area contributed by atoms with Gasteiger partial charge in [-0.05, 0) is 37.4 Å². The Kier molecular flexibility index (Phi) is 4.42. The minimum Gasteiger partial charge on any atom is -0.480 e. The van der Waals surface area contributed by atoms with E-state index in [0.717, 1.165) is 6.42 Å². The molecule has 2 unspecified atom stereocenters. The summed E-state index contributed by atoms with van der Waals surface area (Å²) >= 11 is 5.71. The standard InChI is InChI=1S/C14H17ClFNO2/c1-9-4-5-17(13(6-9)14(18)19)8-10-2-3-11(15)7-12(10)16/h2-3,7,9,13H,4-6,8H2,1H3,(H,18,19). The molecule has 19 heavy (non-hydrogen) atoms. The molecule has 104 valence electrons. The minimum absolute atomic E-state index is 0.312. The fourth-order valence-corrected chi connectivity index (χ4v) is 2.66. The fraction of sp³-hybridized carbons (Fsp3) is 0.500. The van der Waals surface area contributed by atoms with E-state index in [2.05, 4.69) is 6.92 Å². The van der Waals surface area contributed by atoms with Gasteiger partial charge in [0, 0.05) is 17.1 Å². The van der Waals surface area contributed by atoms with Crippen LogP contribution in [0.1, 0.15) is 25.3 Å². The number of aliphatic carboxylic acids is 1. The predicted molar refractivity (Wildman–Crippen MR) is 71.6 cm³/mol. The summed E-state index contributed by atoms with van der Waals surface area (Å²) in [4.78, 5) is 13.1. The van der Waals surface area contributed by atoms with Gasteiger partial charge >= 0.3 is 5.97 Å². The number of rotatable bonds is 3. The van der Waals surface area contributed by atoms with E-state index in [1.54, 1.807) is 12.1 Å². The first kappa shape index (κ1) is 14.3. The number of piperidine rings is 1. The molecule has 3 nitrogen and oxygen atoms in total. The molecule has 1 aromatic carbocycles. The summed E-state index contributed by atoms with van der Waals surface area (Å²) in [5.74, 6) is -0.816. The SMILES string of the molecule is CC1CCN(Cc2ccc(Cl)cc2F)C(C(=O)O)C1. The smallest absolute Gasteiger partial charge is 0.320 e. The van der Waals surface area contributed by atoms with E-state index in [4.69, 9.17) is 11.6 Å². The number of halogens is 2. The summed E-state index contributed by atoms with van der Waals surface area (Å²) in [6.07, 6.45) is 1.56. The molecule has 1 fully saturated rings. The van der Waals surface area contributed by atoms with Gasteiger partial charge in [0.05, 0.1) is 0 Å². The van der Waals surface area contributed by atoms with Crippen molar-refractivity contribution in [1.29, 1.82) is 0 Å². The molecular weight excluding hydrogens is 269 g/mol. The maximum absolute atomic E-state index is 13.8. The van der Waals surface area contributed by atoms with Crippen molar-refractivity contribution in [3.63, 3.8) is 0 Å². The van der Waals surface area contributed by atoms with Crippen molar-refractivity contribution >= 4 is 17.6 Å². The zero-order chi connectivity index (χ0) is 14.0. The van der Waals surface area contributed by atoms with Crippen LogP contribution >= 0.6 is 11.6 Å². The summed E-state index contributed by atoms with van der Waals surface area (Å²) in [5.41, 5.74) is 0.491. The van der Waals surface area contributed by atoms with Gasteiger partial charge in [0.2, 0.25) is 0 Å². The van der Waals surface area contributed by atoms with Crippen LogP contribution in [0.2, 0.25) is 5.02 Å². The highest BCUT2D eigenvalue weighted by Crippen LogP contribution is 2.25. The summed E-state index contributed by atoms with van der Waals surface area (Å²) in [5, 5.41) is 9.61. The summed E-state index contributed by atoms with van der Waals surface area (Å²) in [6, 6.07) is 3.98. The van der Waals surface area contributed by atoms with Crippen molar-refractivity contribution in [2.45, 2.75) is 32.4 Å². The topological polar surface area (TPSA) is 40.5 Å². The monoisotopic (exact) mass is 285 g/mol. The normalized spacial score (nSPS) is 24.4. The predicted octanol–water partition coefficient (Wildman–Crippen LogP) is 3.16. The number of carboxylic acid groups (broad SMARTS) is 1. The molecule has 2 rings (SSSR count). The third kappa shape index (κ3) is 3.45. The molecule has 0 amide bonds. The number of benzene rings is 1. The van der Waals surface area contributed by atoms with Crippen LogP contribution in [-0.2, 0) is 11.3 Å². The third-order valence-corrected chi connectivity index (χ3v) is 3.88. The van der Waals surface area contributed by atoms with E-state index in [9.17, 15) is 14.3 Å². The first-order chi connectivity index (χ1) is 8.97. The lowest BCUT2D eigenvalue weighted by Crippen LogP contribution is -2.46. The molecule has 1 aliphatic heterocycles. The molecule has 1 N–H and O–H groups in total. The van der Waals surface area contributed by atoms with Crippen LogP contribution < -0.4 is 0 Å². The highest BCUT2D eigenvalue weighted by Gasteiger charge is 2.31. The van der Waals surface area contributed by atoms with Crippen molar-refractivity contribution in [3.05, 3.63) is 34.6 Å². The first-order valence-corrected chi connectivity index (χ1v) is 6.76. The average molecular weight is 286 g/mol. The van der Waals surface area contributed by atoms with Crippen LogP contribution in [-0.4, -0.2) is 28.6 Å². The highest BCUT2D eigenvalue weighted by atomic mass is 35.5. The fourth-order valence-electron chi connectivity index (χ4n) is 2.51. The molecule has 0 spiro atoms. The molecule has 0 bridgehead atoms. The van der Waals surface area contributed by atoms with Crippen LogP contribution in [0.15, 0.2) is 18.2 Å². The van der Waals surface area contributed by atoms with Gasteiger partial charge in [-0.25, -0.2) is 4.39 Å². The largest absolute Gasteiger partial charge is 0.480 e. The third-order valence-electron chi connectivity index (χ3n) is 3.65. The Bertz CT molecular complexity index is 481. The van der Waals surface area contributed by atoms with Crippen LogP contribution in [0, 0.1) is 11.7 Å². The van der Waals surface area contributed by atoms with Crippen molar-refractivity contribution in [2.24, 2.45) is 5.92 Å². The van der Waals surface area contributed by atoms with Gasteiger partial charge in [0.15, 0.2) is 0 Å². The number of carboxylic acids is 1. The van der Waals surface area contributed by atoms with Gasteiger partial charge in [-0.15, -0.1) is 0 Å². The molecule has 2 atom stereocenters. The molecule has 1 aromatic rings. The number of likely N-dealkylation sites (tertiary alicyclic amines) is 1. The lowest BCUT2D eigenvalue weighted by Gasteiger charge is -2.36. The van der Waals surface area contributed by atoms with Gasteiger partial charge in [0.25, 0.3) is 0 Å². The summed E-state index contributed by atoms with van der Waals surface area (Å²) < 4.78 is 13.8. The lowest BCUT2D eigenvalue weighted by atomic mass is 9.92. The summed E-state index contributed by atoms with van der Waals surface area (Å²) in [7, 11) is 0. The molecule has 0 radical (unpaired) electrons. The number of hydrogen-bond acceptors (Lipinski definition) is 2. The van der Waals surface area contributed by atoms with Crippen LogP contribution in [0.25, 0.3) is 0 Å². The van der Waals surface area contributed by atoms with Gasteiger partial charge in [-0.1, -0.05) is 24.6 Å². The van der Waals surface area contributed by atoms with E-state index in [1.807, 2.05) is 4.90 Å². The number of hydrogen-bond donors (Lipinski definition) is 1. The Morgan fingerprint density at radius 3 is 2.95 bits per heavy atom. The van der Waals surface area contributed by atoms with Gasteiger partial charge in [-0.2, -0.15) is 0 Å². The Hall–Kier alpha value is -1.13. The maximum Gasteiger partial charge on any atom is 0.320 e. The Labute approximate surface area is 117 Å². The molecule has 0 aromatic heterocycles. The molecule has 0 saturated carbocycles. The second-order valence-electron chi connectivity index (χ2n) is 5.19. The first-order valence-electron chi connectivity index (χ1n) is 6.38. The maximum atomic E-state index is 13.8. The Balaban J connectivity index is 2.14. The van der Waals surface area contributed by atoms with Crippen LogP contribution in [0.5, 0.6) is 0 Å². The summed E-state index contributed by atoms with van der Waals surface area (Å²) in [6.45, 7) is 3.04. The second-order valence-corrected chi connectivity index (χ2v) is 5.63. The van der Waals surface area contributed by atoms with E-state index in [0.29, 0.717) is 36.0 Å². The number of nitrogens with zero attached hydrogens (tertiary/aromatic N) is 1. The van der Waals surface area contributed by atoms with Crippen molar-refractivity contribution in [2.75, 3.05) is 6.54 Å². The zero-order valence-electron chi connectivity index (χ0n) is 10.8. The zero-order valence-corrected chi connectivity index (χ0v) is 11.5. The van der Waals surface area contributed by atoms with Crippen molar-refractivity contribution in [1.82, 2.24) is 4.90 Å². The molecule has 1 aliphatic rings. The van der Waals surface area contributed by atoms with Gasteiger partial charge < -0.3 is 5.11 Å². The van der Waals surface area contributed by atoms with Gasteiger partial charge in [0.1, 0.15) is 11.9 Å². The number of carbonyl (C=O) groups is 1. The minimum atomic E-state index is -0.832. The van der Waals surface area contributed by atoms with E-state index in [-0.39, 0.29) is 5.82 Å². The highest BCUT2D eigenvalue weighted by molar-refractivity contribution is 6.30. The second kappa shape index (κ2) is 5.88. The van der Waals surface area contributed by atoms with Crippen LogP contribution in [0.3, 0.4) is 0 Å². The Morgan fingerprint density at radius 2 is 2.32 bits per heavy atom. The van der Waals surface area contributed by atoms with E-state index >= 15 is 0 Å². The van der Waals surface area contributed by atoms with E-state index < -0.39 is 12.0 Å². The van der Waals surface area contributed by atoms with Crippen molar-refractivity contribution in [3.8, 4) is 0 Å². The van der Waals surface area contributed by atoms with E-state index in [1.165, 1.54) is 6.07 Å². The molecular formula is C14H17ClFNO2. The quantitative estimate of drug-likeness (QED) is 0.927. The molecule has 1 heterocycles. The molecule has 0 aliphatic carbocycles. The van der Waals surface area contributed by atoms with Gasteiger partial charge in [-0.3, -0.25) is 9.69 Å². The van der Waals surface area contributed by atoms with Crippen LogP contribution in [0.4, 0.5) is 4.39 Å². The molecule has 5 heteroatoms. The lowest BCUT2D eigenvalue weighted by molar-refractivity contribution is -0.145. The molecule has 1 saturated heterocycles. The average Bonchev–Trinajstić information content (AvgIpc) is 2.34. The Morgan fingerprint density at radius 1 is 1.58 bits per heavy atom.